The van der Waals surface area contributed by atoms with Crippen LogP contribution in [0, 0.1) is 0 Å². The molecule has 0 fully saturated rings. The van der Waals surface area contributed by atoms with Gasteiger partial charge in [0.25, 0.3) is 0 Å². The fourth-order valence-corrected chi connectivity index (χ4v) is 4.38. The Morgan fingerprint density at radius 3 is 1.50 bits per heavy atom. The maximum absolute atomic E-state index is 11.5. The molecule has 2 amide bonds. The Kier molecular flexibility index (Phi) is 6.77. The SMILES string of the molecule is COc1ccc2[nH]c(-c3[nH]c4ccc(OC)cc4c3CCNC(C)=O)c(CCNC(C)=O)c2c1. The molecule has 0 aliphatic carbocycles. The summed E-state index contributed by atoms with van der Waals surface area (Å²) in [5.41, 5.74) is 6.06. The summed E-state index contributed by atoms with van der Waals surface area (Å²) in [6, 6.07) is 11.9. The molecule has 0 saturated carbocycles. The lowest BCUT2D eigenvalue weighted by Crippen LogP contribution is -2.23. The van der Waals surface area contributed by atoms with Crippen LogP contribution in [0.4, 0.5) is 0 Å². The van der Waals surface area contributed by atoms with Crippen molar-refractivity contribution < 1.29 is 19.1 Å². The normalized spacial score (nSPS) is 11.1. The number of carbonyl (C=O) groups excluding carboxylic acids is 2. The molecule has 0 aliphatic rings. The van der Waals surface area contributed by atoms with E-state index in [4.69, 9.17) is 9.47 Å². The number of aromatic nitrogens is 2. The van der Waals surface area contributed by atoms with Crippen LogP contribution in [0.3, 0.4) is 0 Å². The molecule has 2 aromatic carbocycles. The number of carbonyl (C=O) groups is 2. The zero-order valence-electron chi connectivity index (χ0n) is 19.9. The Morgan fingerprint density at radius 2 is 1.15 bits per heavy atom. The lowest BCUT2D eigenvalue weighted by Gasteiger charge is -2.09. The lowest BCUT2D eigenvalue weighted by atomic mass is 10.0. The topological polar surface area (TPSA) is 108 Å². The zero-order chi connectivity index (χ0) is 24.2. The fourth-order valence-electron chi connectivity index (χ4n) is 4.38. The van der Waals surface area contributed by atoms with Crippen molar-refractivity contribution in [3.8, 4) is 22.9 Å². The molecular formula is C26H30N4O4. The van der Waals surface area contributed by atoms with Crippen LogP contribution in [-0.2, 0) is 22.4 Å². The molecule has 0 unspecified atom stereocenters. The van der Waals surface area contributed by atoms with Crippen LogP contribution < -0.4 is 20.1 Å². The van der Waals surface area contributed by atoms with Crippen LogP contribution in [-0.4, -0.2) is 49.1 Å². The monoisotopic (exact) mass is 462 g/mol. The van der Waals surface area contributed by atoms with Crippen molar-refractivity contribution in [2.24, 2.45) is 0 Å². The fraction of sp³-hybridized carbons (Fsp3) is 0.308. The highest BCUT2D eigenvalue weighted by molar-refractivity contribution is 5.97. The van der Waals surface area contributed by atoms with Crippen LogP contribution in [0.25, 0.3) is 33.2 Å². The predicted octanol–water partition coefficient (Wildman–Crippen LogP) is 3.69. The Hall–Kier alpha value is -3.94. The number of ether oxygens (including phenoxy) is 2. The van der Waals surface area contributed by atoms with Gasteiger partial charge < -0.3 is 30.1 Å². The van der Waals surface area contributed by atoms with E-state index in [-0.39, 0.29) is 11.8 Å². The Bertz CT molecular complexity index is 1250. The standard InChI is InChI=1S/C26H30N4O4/c1-15(31)27-11-9-19-21-13-17(33-3)5-7-23(21)29-25(19)26-20(10-12-28-16(2)32)22-14-18(34-4)6-8-24(22)30-26/h5-8,13-14,29-30H,9-12H2,1-4H3,(H,27,31)(H,28,32). The van der Waals surface area contributed by atoms with Gasteiger partial charge >= 0.3 is 0 Å². The number of methoxy groups -OCH3 is 2. The minimum atomic E-state index is -0.0623. The van der Waals surface area contributed by atoms with E-state index in [9.17, 15) is 9.59 Å². The first-order valence-electron chi connectivity index (χ1n) is 11.3. The molecule has 0 spiro atoms. The van der Waals surface area contributed by atoms with Crippen LogP contribution in [0.2, 0.25) is 0 Å². The number of fused-ring (bicyclic) bond motifs is 2. The maximum atomic E-state index is 11.5. The first-order chi connectivity index (χ1) is 16.4. The molecule has 178 valence electrons. The molecule has 34 heavy (non-hydrogen) atoms. The quantitative estimate of drug-likeness (QED) is 0.304. The molecular weight excluding hydrogens is 432 g/mol. The molecule has 4 rings (SSSR count). The van der Waals surface area contributed by atoms with Crippen LogP contribution in [0.1, 0.15) is 25.0 Å². The Morgan fingerprint density at radius 1 is 0.735 bits per heavy atom. The molecule has 2 heterocycles. The Labute approximate surface area is 198 Å². The molecule has 4 aromatic rings. The molecule has 0 radical (unpaired) electrons. The van der Waals surface area contributed by atoms with Gasteiger partial charge in [0.15, 0.2) is 0 Å². The summed E-state index contributed by atoms with van der Waals surface area (Å²) in [5.74, 6) is 1.41. The lowest BCUT2D eigenvalue weighted by molar-refractivity contribution is -0.119. The van der Waals surface area contributed by atoms with E-state index >= 15 is 0 Å². The number of hydrogen-bond acceptors (Lipinski definition) is 4. The van der Waals surface area contributed by atoms with Gasteiger partial charge in [0, 0.05) is 48.7 Å². The first kappa shape index (κ1) is 23.2. The van der Waals surface area contributed by atoms with E-state index in [0.29, 0.717) is 25.9 Å². The number of H-pyrrole nitrogens is 2. The minimum absolute atomic E-state index is 0.0623. The molecule has 8 heteroatoms. The number of rotatable bonds is 9. The number of hydrogen-bond donors (Lipinski definition) is 4. The second-order valence-electron chi connectivity index (χ2n) is 8.25. The van der Waals surface area contributed by atoms with Gasteiger partial charge in [-0.15, -0.1) is 0 Å². The Balaban J connectivity index is 1.89. The number of amides is 2. The summed E-state index contributed by atoms with van der Waals surface area (Å²) in [5, 5.41) is 7.89. The van der Waals surface area contributed by atoms with Crippen molar-refractivity contribution >= 4 is 33.6 Å². The second kappa shape index (κ2) is 9.91. The van der Waals surface area contributed by atoms with Gasteiger partial charge in [-0.25, -0.2) is 0 Å². The third-order valence-electron chi connectivity index (χ3n) is 5.97. The highest BCUT2D eigenvalue weighted by Gasteiger charge is 2.20. The highest BCUT2D eigenvalue weighted by atomic mass is 16.5. The van der Waals surface area contributed by atoms with Crippen molar-refractivity contribution in [1.82, 2.24) is 20.6 Å². The molecule has 0 saturated heterocycles. The van der Waals surface area contributed by atoms with Gasteiger partial charge in [-0.2, -0.15) is 0 Å². The third-order valence-corrected chi connectivity index (χ3v) is 5.97. The van der Waals surface area contributed by atoms with Crippen molar-refractivity contribution in [3.05, 3.63) is 47.5 Å². The molecule has 8 nitrogen and oxygen atoms in total. The second-order valence-corrected chi connectivity index (χ2v) is 8.25. The maximum Gasteiger partial charge on any atom is 0.216 e. The average Bonchev–Trinajstić information content (AvgIpc) is 3.35. The van der Waals surface area contributed by atoms with Crippen molar-refractivity contribution in [1.29, 1.82) is 0 Å². The van der Waals surface area contributed by atoms with E-state index < -0.39 is 0 Å². The van der Waals surface area contributed by atoms with Crippen LogP contribution in [0.15, 0.2) is 36.4 Å². The summed E-state index contributed by atoms with van der Waals surface area (Å²) in [4.78, 5) is 30.2. The molecule has 0 aliphatic heterocycles. The van der Waals surface area contributed by atoms with Gasteiger partial charge in [-0.1, -0.05) is 0 Å². The highest BCUT2D eigenvalue weighted by Crippen LogP contribution is 2.38. The van der Waals surface area contributed by atoms with Gasteiger partial charge in [-0.3, -0.25) is 9.59 Å². The van der Waals surface area contributed by atoms with Gasteiger partial charge in [0.05, 0.1) is 25.6 Å². The van der Waals surface area contributed by atoms with Crippen LogP contribution in [0.5, 0.6) is 11.5 Å². The summed E-state index contributed by atoms with van der Waals surface area (Å²) >= 11 is 0. The van der Waals surface area contributed by atoms with E-state index in [1.165, 1.54) is 13.8 Å². The molecule has 0 bridgehead atoms. The third kappa shape index (κ3) is 4.71. The number of aromatic amines is 2. The smallest absolute Gasteiger partial charge is 0.216 e. The van der Waals surface area contributed by atoms with Gasteiger partial charge in [-0.05, 0) is 60.4 Å². The van der Waals surface area contributed by atoms with Crippen molar-refractivity contribution in [2.75, 3.05) is 27.3 Å². The van der Waals surface area contributed by atoms with Gasteiger partial charge in [0.1, 0.15) is 11.5 Å². The average molecular weight is 463 g/mol. The summed E-state index contributed by atoms with van der Waals surface area (Å²) < 4.78 is 10.9. The minimum Gasteiger partial charge on any atom is -0.497 e. The van der Waals surface area contributed by atoms with E-state index in [1.807, 2.05) is 36.4 Å². The number of nitrogens with one attached hydrogen (secondary N) is 4. The molecule has 0 atom stereocenters. The summed E-state index contributed by atoms with van der Waals surface area (Å²) in [6.45, 7) is 4.07. The van der Waals surface area contributed by atoms with E-state index in [1.54, 1.807) is 14.2 Å². The predicted molar refractivity (Wildman–Crippen MR) is 133 cm³/mol. The summed E-state index contributed by atoms with van der Waals surface area (Å²) in [7, 11) is 3.30. The van der Waals surface area contributed by atoms with Gasteiger partial charge in [0.2, 0.25) is 11.8 Å². The number of benzene rings is 2. The van der Waals surface area contributed by atoms with Crippen LogP contribution >= 0.6 is 0 Å². The summed E-state index contributed by atoms with van der Waals surface area (Å²) in [6.07, 6.45) is 1.29. The first-order valence-corrected chi connectivity index (χ1v) is 11.3. The van der Waals surface area contributed by atoms with E-state index in [0.717, 1.165) is 55.8 Å². The van der Waals surface area contributed by atoms with Crippen molar-refractivity contribution in [2.45, 2.75) is 26.7 Å². The zero-order valence-corrected chi connectivity index (χ0v) is 19.9. The molecule has 4 N–H and O–H groups in total. The van der Waals surface area contributed by atoms with E-state index in [2.05, 4.69) is 20.6 Å². The largest absolute Gasteiger partial charge is 0.497 e. The van der Waals surface area contributed by atoms with Crippen molar-refractivity contribution in [3.63, 3.8) is 0 Å². The molecule has 2 aromatic heterocycles.